The van der Waals surface area contributed by atoms with Crippen LogP contribution in [0.3, 0.4) is 0 Å². The molecule has 2 heterocycles. The molecule has 0 saturated carbocycles. The van der Waals surface area contributed by atoms with Gasteiger partial charge in [-0.3, -0.25) is 0 Å². The largest absolute Gasteiger partial charge is 0.304 e. The van der Waals surface area contributed by atoms with Gasteiger partial charge in [0.25, 0.3) is 0 Å². The first-order chi connectivity index (χ1) is 6.42. The number of halogens is 1. The smallest absolute Gasteiger partial charge is 0.198 e. The Hall–Kier alpha value is -1.50. The van der Waals surface area contributed by atoms with Gasteiger partial charge in [0.05, 0.1) is 0 Å². The zero-order valence-electron chi connectivity index (χ0n) is 6.42. The Kier molecular flexibility index (Phi) is 2.17. The molecule has 0 amide bonds. The number of rotatable bonds is 2. The molecular formula is C6H5BrN6. The average molecular weight is 241 g/mol. The van der Waals surface area contributed by atoms with E-state index in [9.17, 15) is 0 Å². The van der Waals surface area contributed by atoms with Crippen LogP contribution in [-0.2, 0) is 0 Å². The maximum atomic E-state index is 4.10. The van der Waals surface area contributed by atoms with Gasteiger partial charge in [-0.25, -0.2) is 15.0 Å². The van der Waals surface area contributed by atoms with Gasteiger partial charge in [-0.1, -0.05) is 0 Å². The molecule has 0 unspecified atom stereocenters. The molecule has 13 heavy (non-hydrogen) atoms. The molecule has 0 aromatic carbocycles. The molecule has 0 saturated heterocycles. The summed E-state index contributed by atoms with van der Waals surface area (Å²) in [6.45, 7) is 0. The van der Waals surface area contributed by atoms with Crippen molar-refractivity contribution in [3.05, 3.63) is 25.0 Å². The lowest BCUT2D eigenvalue weighted by Gasteiger charge is -2.02. The summed E-state index contributed by atoms with van der Waals surface area (Å²) >= 11 is 3.08. The maximum Gasteiger partial charge on any atom is 0.198 e. The fourth-order valence-electron chi connectivity index (χ4n) is 0.883. The number of hydrogen-bond donors (Lipinski definition) is 1. The molecular weight excluding hydrogens is 236 g/mol. The minimum absolute atomic E-state index is 0.591. The highest BCUT2D eigenvalue weighted by atomic mass is 79.9. The number of nitrogens with zero attached hydrogens (tertiary/aromatic N) is 5. The van der Waals surface area contributed by atoms with E-state index in [0.29, 0.717) is 11.6 Å². The fourth-order valence-corrected chi connectivity index (χ4v) is 1.16. The first-order valence-corrected chi connectivity index (χ1v) is 4.24. The van der Waals surface area contributed by atoms with E-state index in [1.165, 1.54) is 11.0 Å². The van der Waals surface area contributed by atoms with Gasteiger partial charge in [-0.05, 0) is 0 Å². The van der Waals surface area contributed by atoms with Gasteiger partial charge in [0.15, 0.2) is 11.6 Å². The second-order valence-electron chi connectivity index (χ2n) is 2.16. The highest BCUT2D eigenvalue weighted by Gasteiger charge is 2.05. The summed E-state index contributed by atoms with van der Waals surface area (Å²) in [7, 11) is 0. The summed E-state index contributed by atoms with van der Waals surface area (Å²) in [6.07, 6.45) is 6.17. The van der Waals surface area contributed by atoms with Gasteiger partial charge >= 0.3 is 0 Å². The van der Waals surface area contributed by atoms with Crippen molar-refractivity contribution in [2.75, 3.05) is 4.34 Å². The van der Waals surface area contributed by atoms with E-state index in [-0.39, 0.29) is 0 Å². The predicted molar refractivity (Wildman–Crippen MR) is 49.5 cm³/mol. The van der Waals surface area contributed by atoms with Crippen LogP contribution < -0.4 is 4.34 Å². The molecule has 0 bridgehead atoms. The molecule has 0 atom stereocenters. The lowest BCUT2D eigenvalue weighted by Crippen LogP contribution is -2.02. The van der Waals surface area contributed by atoms with Crippen molar-refractivity contribution in [2.24, 2.45) is 0 Å². The van der Waals surface area contributed by atoms with Gasteiger partial charge in [-0.15, -0.1) is 0 Å². The highest BCUT2D eigenvalue weighted by molar-refractivity contribution is 9.10. The van der Waals surface area contributed by atoms with Crippen molar-refractivity contribution in [3.8, 4) is 5.82 Å². The van der Waals surface area contributed by atoms with Crippen LogP contribution in [0, 0.1) is 0 Å². The van der Waals surface area contributed by atoms with E-state index >= 15 is 0 Å². The first-order valence-electron chi connectivity index (χ1n) is 3.44. The van der Waals surface area contributed by atoms with Crippen molar-refractivity contribution in [3.63, 3.8) is 0 Å². The van der Waals surface area contributed by atoms with Crippen molar-refractivity contribution in [1.82, 2.24) is 24.7 Å². The van der Waals surface area contributed by atoms with Crippen molar-refractivity contribution < 1.29 is 0 Å². The van der Waals surface area contributed by atoms with Gasteiger partial charge in [0.2, 0.25) is 0 Å². The molecule has 66 valence electrons. The van der Waals surface area contributed by atoms with Crippen molar-refractivity contribution in [1.29, 1.82) is 0 Å². The summed E-state index contributed by atoms with van der Waals surface area (Å²) < 4.78 is 4.26. The minimum Gasteiger partial charge on any atom is -0.304 e. The topological polar surface area (TPSA) is 68.5 Å². The van der Waals surface area contributed by atoms with E-state index in [0.717, 1.165) is 0 Å². The highest BCUT2D eigenvalue weighted by Crippen LogP contribution is 2.12. The zero-order valence-corrected chi connectivity index (χ0v) is 8.01. The normalized spacial score (nSPS) is 9.92. The second-order valence-corrected chi connectivity index (χ2v) is 2.56. The average Bonchev–Trinajstić information content (AvgIpc) is 2.70. The van der Waals surface area contributed by atoms with Crippen LogP contribution in [0.2, 0.25) is 0 Å². The third-order valence-corrected chi connectivity index (χ3v) is 1.78. The lowest BCUT2D eigenvalue weighted by atomic mass is 10.6. The lowest BCUT2D eigenvalue weighted by molar-refractivity contribution is 0.841. The van der Waals surface area contributed by atoms with E-state index in [2.05, 4.69) is 40.5 Å². The predicted octanol–water partition coefficient (Wildman–Crippen LogP) is 0.779. The number of anilines is 1. The van der Waals surface area contributed by atoms with Crippen LogP contribution in [0.4, 0.5) is 5.82 Å². The van der Waals surface area contributed by atoms with Gasteiger partial charge in [0, 0.05) is 28.5 Å². The standard InChI is InChI=1S/C6H5BrN6/c7-12-5-6(10-2-1-9-5)13-4-8-3-11-13/h1-4H,(H,9,12). The van der Waals surface area contributed by atoms with E-state index in [4.69, 9.17) is 0 Å². The van der Waals surface area contributed by atoms with Crippen molar-refractivity contribution >= 4 is 22.0 Å². The molecule has 7 heteroatoms. The Morgan fingerprint density at radius 2 is 2.15 bits per heavy atom. The fraction of sp³-hybridized carbons (Fsp3) is 0. The van der Waals surface area contributed by atoms with Crippen LogP contribution in [0.1, 0.15) is 0 Å². The van der Waals surface area contributed by atoms with Crippen LogP contribution >= 0.6 is 16.1 Å². The van der Waals surface area contributed by atoms with Crippen LogP contribution in [-0.4, -0.2) is 24.7 Å². The molecule has 2 aromatic rings. The third kappa shape index (κ3) is 1.50. The summed E-state index contributed by atoms with van der Waals surface area (Å²) in [4.78, 5) is 12.0. The molecule has 0 aliphatic carbocycles. The Morgan fingerprint density at radius 3 is 2.85 bits per heavy atom. The number of nitrogens with one attached hydrogen (secondary N) is 1. The quantitative estimate of drug-likeness (QED) is 0.787. The summed E-state index contributed by atoms with van der Waals surface area (Å²) in [5.74, 6) is 1.19. The molecule has 0 spiro atoms. The Balaban J connectivity index is 2.51. The van der Waals surface area contributed by atoms with E-state index < -0.39 is 0 Å². The SMILES string of the molecule is BrNc1nccnc1-n1cncn1. The van der Waals surface area contributed by atoms with Crippen molar-refractivity contribution in [2.45, 2.75) is 0 Å². The van der Waals surface area contributed by atoms with E-state index in [1.807, 2.05) is 0 Å². The van der Waals surface area contributed by atoms with Crippen LogP contribution in [0.5, 0.6) is 0 Å². The molecule has 6 nitrogen and oxygen atoms in total. The van der Waals surface area contributed by atoms with E-state index in [1.54, 1.807) is 18.7 Å². The Bertz CT molecular complexity index is 386. The Morgan fingerprint density at radius 1 is 1.31 bits per heavy atom. The molecule has 2 aromatic heterocycles. The minimum atomic E-state index is 0.591. The number of aromatic nitrogens is 5. The maximum absolute atomic E-state index is 4.10. The second kappa shape index (κ2) is 3.48. The van der Waals surface area contributed by atoms with Crippen LogP contribution in [0.25, 0.3) is 5.82 Å². The van der Waals surface area contributed by atoms with Gasteiger partial charge < -0.3 is 4.34 Å². The molecule has 0 fully saturated rings. The molecule has 1 N–H and O–H groups in total. The summed E-state index contributed by atoms with van der Waals surface area (Å²) in [5, 5.41) is 3.94. The van der Waals surface area contributed by atoms with Crippen LogP contribution in [0.15, 0.2) is 25.0 Å². The Labute approximate surface area is 82.4 Å². The third-order valence-electron chi connectivity index (χ3n) is 1.40. The molecule has 0 aliphatic rings. The monoisotopic (exact) mass is 240 g/mol. The molecule has 0 aliphatic heterocycles. The molecule has 0 radical (unpaired) electrons. The zero-order chi connectivity index (χ0) is 9.10. The number of hydrogen-bond acceptors (Lipinski definition) is 5. The summed E-state index contributed by atoms with van der Waals surface area (Å²) in [6, 6.07) is 0. The molecule has 2 rings (SSSR count). The first kappa shape index (κ1) is 8.11. The van der Waals surface area contributed by atoms with Gasteiger partial charge in [0.1, 0.15) is 12.7 Å². The van der Waals surface area contributed by atoms with Gasteiger partial charge in [-0.2, -0.15) is 9.78 Å². The summed E-state index contributed by atoms with van der Waals surface area (Å²) in [5.41, 5.74) is 0.